The molecule has 10 heavy (non-hydrogen) atoms. The minimum absolute atomic E-state index is 0.183. The highest BCUT2D eigenvalue weighted by atomic mass is 32.1. The molecule has 0 aliphatic carbocycles. The standard InChI is InChI=1S/C5H9NO3S/c1-6(2)5(10)9-3-4(7)8/h3H2,1-2H3,(H,7,8). The van der Waals surface area contributed by atoms with Crippen molar-refractivity contribution in [2.24, 2.45) is 0 Å². The summed E-state index contributed by atoms with van der Waals surface area (Å²) < 4.78 is 4.62. The van der Waals surface area contributed by atoms with Crippen molar-refractivity contribution in [3.8, 4) is 0 Å². The van der Waals surface area contributed by atoms with E-state index in [4.69, 9.17) is 5.11 Å². The minimum atomic E-state index is -1.02. The van der Waals surface area contributed by atoms with Crippen LogP contribution >= 0.6 is 12.2 Å². The number of ether oxygens (including phenoxy) is 1. The van der Waals surface area contributed by atoms with Crippen LogP contribution in [0.15, 0.2) is 0 Å². The second-order valence-electron chi connectivity index (χ2n) is 1.84. The summed E-state index contributed by atoms with van der Waals surface area (Å²) in [5.41, 5.74) is 0. The van der Waals surface area contributed by atoms with Crippen LogP contribution < -0.4 is 0 Å². The summed E-state index contributed by atoms with van der Waals surface area (Å²) >= 11 is 4.64. The maximum Gasteiger partial charge on any atom is 0.341 e. The van der Waals surface area contributed by atoms with Gasteiger partial charge in [0.2, 0.25) is 0 Å². The summed E-state index contributed by atoms with van der Waals surface area (Å²) in [6.07, 6.45) is 0. The molecule has 0 unspecified atom stereocenters. The molecule has 0 heterocycles. The Hall–Kier alpha value is -0.840. The van der Waals surface area contributed by atoms with Gasteiger partial charge in [-0.15, -0.1) is 0 Å². The first kappa shape index (κ1) is 9.16. The topological polar surface area (TPSA) is 49.8 Å². The first-order chi connectivity index (χ1) is 4.54. The average Bonchev–Trinajstić information content (AvgIpc) is 1.82. The van der Waals surface area contributed by atoms with Crippen LogP contribution in [-0.2, 0) is 9.53 Å². The third-order valence-corrected chi connectivity index (χ3v) is 1.17. The van der Waals surface area contributed by atoms with Crippen molar-refractivity contribution in [3.05, 3.63) is 0 Å². The summed E-state index contributed by atoms with van der Waals surface area (Å²) in [6.45, 7) is -0.378. The predicted octanol–water partition coefficient (Wildman–Crippen LogP) is -0.0659. The van der Waals surface area contributed by atoms with E-state index in [-0.39, 0.29) is 11.8 Å². The van der Waals surface area contributed by atoms with E-state index in [0.717, 1.165) is 0 Å². The molecule has 0 atom stereocenters. The van der Waals surface area contributed by atoms with E-state index in [0.29, 0.717) is 0 Å². The molecule has 0 saturated carbocycles. The van der Waals surface area contributed by atoms with E-state index in [1.165, 1.54) is 4.90 Å². The molecule has 0 amide bonds. The monoisotopic (exact) mass is 163 g/mol. The van der Waals surface area contributed by atoms with Crippen molar-refractivity contribution in [3.63, 3.8) is 0 Å². The predicted molar refractivity (Wildman–Crippen MR) is 39.9 cm³/mol. The number of carbonyl (C=O) groups is 1. The van der Waals surface area contributed by atoms with Crippen molar-refractivity contribution in [1.82, 2.24) is 4.90 Å². The van der Waals surface area contributed by atoms with Crippen LogP contribution in [0.1, 0.15) is 0 Å². The molecule has 0 aliphatic rings. The Morgan fingerprint density at radius 1 is 1.70 bits per heavy atom. The number of aliphatic carboxylic acids is 1. The summed E-state index contributed by atoms with van der Waals surface area (Å²) in [5.74, 6) is -1.02. The molecule has 0 rings (SSSR count). The molecule has 0 fully saturated rings. The fourth-order valence-corrected chi connectivity index (χ4v) is 0.312. The van der Waals surface area contributed by atoms with E-state index in [2.05, 4.69) is 17.0 Å². The van der Waals surface area contributed by atoms with Gasteiger partial charge in [-0.25, -0.2) is 4.79 Å². The maximum atomic E-state index is 9.92. The van der Waals surface area contributed by atoms with Crippen LogP contribution in [-0.4, -0.2) is 41.9 Å². The highest BCUT2D eigenvalue weighted by molar-refractivity contribution is 7.80. The largest absolute Gasteiger partial charge is 0.479 e. The molecular weight excluding hydrogens is 154 g/mol. The zero-order chi connectivity index (χ0) is 8.15. The quantitative estimate of drug-likeness (QED) is 0.578. The molecule has 0 spiro atoms. The van der Waals surface area contributed by atoms with Gasteiger partial charge in [-0.3, -0.25) is 0 Å². The molecule has 0 aliphatic heterocycles. The Bertz CT molecular complexity index is 146. The molecule has 0 aromatic rings. The highest BCUT2D eigenvalue weighted by Crippen LogP contribution is 1.85. The van der Waals surface area contributed by atoms with Crippen molar-refractivity contribution < 1.29 is 14.6 Å². The lowest BCUT2D eigenvalue weighted by Gasteiger charge is -2.12. The third kappa shape index (κ3) is 4.08. The molecule has 58 valence electrons. The van der Waals surface area contributed by atoms with Gasteiger partial charge in [-0.05, 0) is 12.2 Å². The minimum Gasteiger partial charge on any atom is -0.479 e. The zero-order valence-corrected chi connectivity index (χ0v) is 6.64. The maximum absolute atomic E-state index is 9.92. The van der Waals surface area contributed by atoms with Gasteiger partial charge in [0.15, 0.2) is 6.61 Å². The number of rotatable bonds is 2. The van der Waals surface area contributed by atoms with Crippen LogP contribution in [0.4, 0.5) is 0 Å². The van der Waals surface area contributed by atoms with Crippen molar-refractivity contribution in [2.45, 2.75) is 0 Å². The Balaban J connectivity index is 3.50. The number of nitrogens with zero attached hydrogens (tertiary/aromatic N) is 1. The van der Waals surface area contributed by atoms with Gasteiger partial charge in [0.1, 0.15) is 0 Å². The summed E-state index contributed by atoms with van der Waals surface area (Å²) in [6, 6.07) is 0. The van der Waals surface area contributed by atoms with Gasteiger partial charge in [-0.2, -0.15) is 0 Å². The molecule has 5 heteroatoms. The second-order valence-corrected chi connectivity index (χ2v) is 2.19. The van der Waals surface area contributed by atoms with E-state index >= 15 is 0 Å². The van der Waals surface area contributed by atoms with Gasteiger partial charge < -0.3 is 14.7 Å². The van der Waals surface area contributed by atoms with Crippen molar-refractivity contribution >= 4 is 23.4 Å². The third-order valence-electron chi connectivity index (χ3n) is 0.684. The number of hydrogen-bond donors (Lipinski definition) is 1. The van der Waals surface area contributed by atoms with Crippen LogP contribution in [0.5, 0.6) is 0 Å². The van der Waals surface area contributed by atoms with E-state index in [1.807, 2.05) is 0 Å². The Morgan fingerprint density at radius 3 is 2.50 bits per heavy atom. The molecule has 0 aromatic heterocycles. The van der Waals surface area contributed by atoms with E-state index in [1.54, 1.807) is 14.1 Å². The molecule has 0 bridgehead atoms. The van der Waals surface area contributed by atoms with Crippen molar-refractivity contribution in [1.29, 1.82) is 0 Å². The molecule has 1 N–H and O–H groups in total. The van der Waals surface area contributed by atoms with Crippen LogP contribution in [0.2, 0.25) is 0 Å². The fourth-order valence-electron chi connectivity index (χ4n) is 0.253. The van der Waals surface area contributed by atoms with Crippen molar-refractivity contribution in [2.75, 3.05) is 20.7 Å². The van der Waals surface area contributed by atoms with E-state index in [9.17, 15) is 4.79 Å². The summed E-state index contributed by atoms with van der Waals surface area (Å²) in [7, 11) is 3.37. The Labute approximate surface area is 64.4 Å². The molecule has 0 aromatic carbocycles. The lowest BCUT2D eigenvalue weighted by atomic mass is 10.7. The van der Waals surface area contributed by atoms with Crippen LogP contribution in [0.25, 0.3) is 0 Å². The van der Waals surface area contributed by atoms with Gasteiger partial charge in [0, 0.05) is 14.1 Å². The Kier molecular flexibility index (Phi) is 3.71. The number of thiocarbonyl (C=S) groups is 1. The molecular formula is C5H9NO3S. The smallest absolute Gasteiger partial charge is 0.341 e. The lowest BCUT2D eigenvalue weighted by Crippen LogP contribution is -2.24. The van der Waals surface area contributed by atoms with Gasteiger partial charge in [-0.1, -0.05) is 0 Å². The summed E-state index contributed by atoms with van der Waals surface area (Å²) in [5, 5.41) is 8.32. The van der Waals surface area contributed by atoms with Crippen LogP contribution in [0, 0.1) is 0 Å². The zero-order valence-electron chi connectivity index (χ0n) is 5.83. The molecule has 4 nitrogen and oxygen atoms in total. The number of carboxylic acid groups (broad SMARTS) is 1. The van der Waals surface area contributed by atoms with E-state index < -0.39 is 5.97 Å². The summed E-state index contributed by atoms with van der Waals surface area (Å²) in [4.78, 5) is 11.4. The molecule has 0 radical (unpaired) electrons. The SMILES string of the molecule is CN(C)C(=S)OCC(=O)O. The fraction of sp³-hybridized carbons (Fsp3) is 0.600. The van der Waals surface area contributed by atoms with Crippen LogP contribution in [0.3, 0.4) is 0 Å². The Morgan fingerprint density at radius 2 is 2.20 bits per heavy atom. The molecule has 0 saturated heterocycles. The number of carboxylic acids is 1. The first-order valence-electron chi connectivity index (χ1n) is 2.60. The first-order valence-corrected chi connectivity index (χ1v) is 3.00. The highest BCUT2D eigenvalue weighted by Gasteiger charge is 2.01. The van der Waals surface area contributed by atoms with Gasteiger partial charge >= 0.3 is 5.97 Å². The number of hydrogen-bond acceptors (Lipinski definition) is 3. The normalized spacial score (nSPS) is 8.60. The lowest BCUT2D eigenvalue weighted by molar-refractivity contribution is -0.139. The average molecular weight is 163 g/mol. The van der Waals surface area contributed by atoms with Gasteiger partial charge in [0.05, 0.1) is 0 Å². The van der Waals surface area contributed by atoms with Gasteiger partial charge in [0.25, 0.3) is 5.17 Å². The second kappa shape index (κ2) is 4.05.